The van der Waals surface area contributed by atoms with Crippen molar-refractivity contribution in [3.63, 3.8) is 0 Å². The van der Waals surface area contributed by atoms with E-state index in [1.165, 1.54) is 6.07 Å². The summed E-state index contributed by atoms with van der Waals surface area (Å²) in [6, 6.07) is 11.7. The van der Waals surface area contributed by atoms with Crippen molar-refractivity contribution in [2.24, 2.45) is 5.73 Å². The molecule has 0 saturated carbocycles. The summed E-state index contributed by atoms with van der Waals surface area (Å²) >= 11 is 0. The molecule has 0 spiro atoms. The maximum absolute atomic E-state index is 13.0. The molecule has 0 radical (unpaired) electrons. The van der Waals surface area contributed by atoms with Gasteiger partial charge in [-0.2, -0.15) is 13.2 Å². The molecular formula is C15H15ClF3N. The monoisotopic (exact) mass is 301 g/mol. The molecule has 0 aromatic heterocycles. The summed E-state index contributed by atoms with van der Waals surface area (Å²) in [6.07, 6.45) is -4.38. The Hall–Kier alpha value is -1.52. The van der Waals surface area contributed by atoms with Crippen molar-refractivity contribution in [3.8, 4) is 11.1 Å². The first-order chi connectivity index (χ1) is 8.91. The van der Waals surface area contributed by atoms with Crippen LogP contribution < -0.4 is 5.73 Å². The lowest BCUT2D eigenvalue weighted by atomic mass is 9.98. The van der Waals surface area contributed by atoms with Crippen molar-refractivity contribution in [1.82, 2.24) is 0 Å². The lowest BCUT2D eigenvalue weighted by Gasteiger charge is -2.13. The van der Waals surface area contributed by atoms with Gasteiger partial charge in [0, 0.05) is 6.54 Å². The fourth-order valence-electron chi connectivity index (χ4n) is 2.02. The van der Waals surface area contributed by atoms with Gasteiger partial charge in [0.05, 0.1) is 5.56 Å². The molecule has 108 valence electrons. The first kappa shape index (κ1) is 16.5. The Balaban J connectivity index is 0.00000200. The van der Waals surface area contributed by atoms with Gasteiger partial charge in [-0.3, -0.25) is 0 Å². The molecule has 0 bridgehead atoms. The van der Waals surface area contributed by atoms with Gasteiger partial charge in [-0.1, -0.05) is 42.0 Å². The van der Waals surface area contributed by atoms with Gasteiger partial charge < -0.3 is 5.73 Å². The number of halogens is 4. The molecule has 2 rings (SSSR count). The van der Waals surface area contributed by atoms with Crippen LogP contribution in [-0.4, -0.2) is 0 Å². The maximum atomic E-state index is 13.0. The van der Waals surface area contributed by atoms with E-state index in [0.29, 0.717) is 5.56 Å². The third kappa shape index (κ3) is 3.52. The lowest BCUT2D eigenvalue weighted by molar-refractivity contribution is -0.138. The second kappa shape index (κ2) is 6.29. The van der Waals surface area contributed by atoms with E-state index < -0.39 is 11.7 Å². The second-order valence-electron chi connectivity index (χ2n) is 4.44. The highest BCUT2D eigenvalue weighted by Gasteiger charge is 2.33. The van der Waals surface area contributed by atoms with Gasteiger partial charge in [0.25, 0.3) is 0 Å². The standard InChI is InChI=1S/C15H14F3N.ClH/c1-10-3-2-4-11(7-10)12-5-6-13(9-19)14(8-12)15(16,17)18;/h2-8H,9,19H2,1H3;1H. The summed E-state index contributed by atoms with van der Waals surface area (Å²) in [5.74, 6) is 0. The smallest absolute Gasteiger partial charge is 0.326 e. The zero-order chi connectivity index (χ0) is 14.0. The van der Waals surface area contributed by atoms with Crippen LogP contribution >= 0.6 is 12.4 Å². The van der Waals surface area contributed by atoms with Crippen LogP contribution in [0.3, 0.4) is 0 Å². The number of alkyl halides is 3. The molecule has 0 heterocycles. The molecule has 20 heavy (non-hydrogen) atoms. The Bertz CT molecular complexity index is 594. The van der Waals surface area contributed by atoms with Crippen LogP contribution in [0.5, 0.6) is 0 Å². The van der Waals surface area contributed by atoms with Crippen LogP contribution in [0.25, 0.3) is 11.1 Å². The Kier molecular flexibility index (Phi) is 5.20. The maximum Gasteiger partial charge on any atom is 0.416 e. The van der Waals surface area contributed by atoms with Crippen molar-refractivity contribution in [2.45, 2.75) is 19.6 Å². The van der Waals surface area contributed by atoms with Gasteiger partial charge in [0.1, 0.15) is 0 Å². The summed E-state index contributed by atoms with van der Waals surface area (Å²) in [5, 5.41) is 0. The zero-order valence-corrected chi connectivity index (χ0v) is 11.7. The van der Waals surface area contributed by atoms with Crippen molar-refractivity contribution < 1.29 is 13.2 Å². The fourth-order valence-corrected chi connectivity index (χ4v) is 2.02. The first-order valence-corrected chi connectivity index (χ1v) is 5.89. The molecule has 0 unspecified atom stereocenters. The number of benzene rings is 2. The fraction of sp³-hybridized carbons (Fsp3) is 0.200. The average Bonchev–Trinajstić information content (AvgIpc) is 2.37. The molecule has 0 aliphatic rings. The number of hydrogen-bond acceptors (Lipinski definition) is 1. The summed E-state index contributed by atoms with van der Waals surface area (Å²) in [7, 11) is 0. The van der Waals surface area contributed by atoms with Gasteiger partial charge in [-0.05, 0) is 29.7 Å². The largest absolute Gasteiger partial charge is 0.416 e. The van der Waals surface area contributed by atoms with E-state index in [4.69, 9.17) is 5.73 Å². The van der Waals surface area contributed by atoms with E-state index in [1.807, 2.05) is 25.1 Å². The van der Waals surface area contributed by atoms with Gasteiger partial charge in [0.2, 0.25) is 0 Å². The number of aryl methyl sites for hydroxylation is 1. The Morgan fingerprint density at radius 1 is 1.00 bits per heavy atom. The molecule has 0 fully saturated rings. The van der Waals surface area contributed by atoms with Crippen LogP contribution in [0.15, 0.2) is 42.5 Å². The van der Waals surface area contributed by atoms with E-state index in [2.05, 4.69) is 0 Å². The topological polar surface area (TPSA) is 26.0 Å². The lowest BCUT2D eigenvalue weighted by Crippen LogP contribution is -2.12. The van der Waals surface area contributed by atoms with Gasteiger partial charge in [-0.25, -0.2) is 0 Å². The van der Waals surface area contributed by atoms with E-state index in [0.717, 1.165) is 17.2 Å². The highest BCUT2D eigenvalue weighted by Crippen LogP contribution is 2.35. The predicted molar refractivity (Wildman–Crippen MR) is 76.8 cm³/mol. The summed E-state index contributed by atoms with van der Waals surface area (Å²) < 4.78 is 38.9. The molecule has 0 atom stereocenters. The van der Waals surface area contributed by atoms with Gasteiger partial charge in [0.15, 0.2) is 0 Å². The van der Waals surface area contributed by atoms with Crippen molar-refractivity contribution in [2.75, 3.05) is 0 Å². The Morgan fingerprint density at radius 2 is 1.65 bits per heavy atom. The van der Waals surface area contributed by atoms with E-state index >= 15 is 0 Å². The van der Waals surface area contributed by atoms with Crippen molar-refractivity contribution in [1.29, 1.82) is 0 Å². The molecule has 0 amide bonds. The second-order valence-corrected chi connectivity index (χ2v) is 4.44. The van der Waals surface area contributed by atoms with Crippen LogP contribution in [0.2, 0.25) is 0 Å². The Labute approximate surface area is 122 Å². The van der Waals surface area contributed by atoms with Crippen LogP contribution in [0.1, 0.15) is 16.7 Å². The van der Waals surface area contributed by atoms with Crippen LogP contribution in [-0.2, 0) is 12.7 Å². The molecule has 0 aliphatic heterocycles. The minimum absolute atomic E-state index is 0. The minimum atomic E-state index is -4.38. The van der Waals surface area contributed by atoms with Crippen LogP contribution in [0, 0.1) is 6.92 Å². The van der Waals surface area contributed by atoms with Gasteiger partial charge in [-0.15, -0.1) is 12.4 Å². The summed E-state index contributed by atoms with van der Waals surface area (Å²) in [4.78, 5) is 0. The normalized spacial score (nSPS) is 11.1. The first-order valence-electron chi connectivity index (χ1n) is 5.89. The van der Waals surface area contributed by atoms with E-state index in [1.54, 1.807) is 12.1 Å². The molecule has 0 aliphatic carbocycles. The molecule has 1 nitrogen and oxygen atoms in total. The Morgan fingerprint density at radius 3 is 2.20 bits per heavy atom. The number of nitrogens with two attached hydrogens (primary N) is 1. The SMILES string of the molecule is Cc1cccc(-c2ccc(CN)c(C(F)(F)F)c2)c1.Cl. The quantitative estimate of drug-likeness (QED) is 0.864. The molecule has 2 aromatic rings. The molecule has 0 saturated heterocycles. The molecule has 2 aromatic carbocycles. The highest BCUT2D eigenvalue weighted by atomic mass is 35.5. The minimum Gasteiger partial charge on any atom is -0.326 e. The van der Waals surface area contributed by atoms with E-state index in [9.17, 15) is 13.2 Å². The van der Waals surface area contributed by atoms with E-state index in [-0.39, 0.29) is 24.5 Å². The summed E-state index contributed by atoms with van der Waals surface area (Å²) in [6.45, 7) is 1.78. The van der Waals surface area contributed by atoms with Crippen molar-refractivity contribution in [3.05, 3.63) is 59.2 Å². The zero-order valence-electron chi connectivity index (χ0n) is 10.9. The molecular weight excluding hydrogens is 287 g/mol. The third-order valence-corrected chi connectivity index (χ3v) is 2.99. The van der Waals surface area contributed by atoms with Crippen molar-refractivity contribution >= 4 is 12.4 Å². The van der Waals surface area contributed by atoms with Gasteiger partial charge >= 0.3 is 6.18 Å². The summed E-state index contributed by atoms with van der Waals surface area (Å²) in [5.41, 5.74) is 7.15. The number of rotatable bonds is 2. The third-order valence-electron chi connectivity index (χ3n) is 2.99. The molecule has 5 heteroatoms. The average molecular weight is 302 g/mol. The predicted octanol–water partition coefficient (Wildman–Crippen LogP) is 4.56. The number of hydrogen-bond donors (Lipinski definition) is 1. The van der Waals surface area contributed by atoms with Crippen LogP contribution in [0.4, 0.5) is 13.2 Å². The highest BCUT2D eigenvalue weighted by molar-refractivity contribution is 5.85. The molecule has 2 N–H and O–H groups in total.